The highest BCUT2D eigenvalue weighted by atomic mass is 19.1. The number of fused-ring (bicyclic) bond motifs is 2. The normalized spacial score (nSPS) is 29.0. The standard InChI is InChI=1S/C18H19FN2O3/c1-11-4-7-15(24-11)17(22)21-12-5-6-13(21)10-18(23,9-12)14-3-2-8-20-16(14)19/h2-4,7-8,12-13,23H,5-6,9-10H2,1H3/t12-,13-/m0/s1. The van der Waals surface area contributed by atoms with Gasteiger partial charge in [-0.2, -0.15) is 4.39 Å². The Morgan fingerprint density at radius 1 is 1.33 bits per heavy atom. The van der Waals surface area contributed by atoms with Crippen molar-refractivity contribution in [3.05, 3.63) is 53.5 Å². The molecule has 2 fully saturated rings. The minimum absolute atomic E-state index is 0.119. The first-order valence-electron chi connectivity index (χ1n) is 8.20. The van der Waals surface area contributed by atoms with Gasteiger partial charge in [0.05, 0.1) is 5.60 Å². The summed E-state index contributed by atoms with van der Waals surface area (Å²) in [4.78, 5) is 18.2. The van der Waals surface area contributed by atoms with Gasteiger partial charge in [-0.3, -0.25) is 4.79 Å². The zero-order valence-electron chi connectivity index (χ0n) is 13.4. The Labute approximate surface area is 139 Å². The lowest BCUT2D eigenvalue weighted by Crippen LogP contribution is -2.52. The number of hydrogen-bond donors (Lipinski definition) is 1. The van der Waals surface area contributed by atoms with E-state index >= 15 is 0 Å². The fourth-order valence-corrected chi connectivity index (χ4v) is 4.19. The van der Waals surface area contributed by atoms with Crippen molar-refractivity contribution < 1.29 is 18.7 Å². The van der Waals surface area contributed by atoms with Gasteiger partial charge in [0.1, 0.15) is 5.76 Å². The van der Waals surface area contributed by atoms with E-state index in [0.717, 1.165) is 12.8 Å². The highest BCUT2D eigenvalue weighted by molar-refractivity contribution is 5.92. The number of pyridine rings is 1. The van der Waals surface area contributed by atoms with Gasteiger partial charge in [0.15, 0.2) is 5.76 Å². The van der Waals surface area contributed by atoms with Gasteiger partial charge in [-0.15, -0.1) is 0 Å². The van der Waals surface area contributed by atoms with E-state index in [1.807, 2.05) is 0 Å². The molecule has 4 rings (SSSR count). The molecule has 2 bridgehead atoms. The molecule has 2 aromatic rings. The van der Waals surface area contributed by atoms with E-state index in [1.165, 1.54) is 6.20 Å². The molecule has 0 aliphatic carbocycles. The summed E-state index contributed by atoms with van der Waals surface area (Å²) in [5.41, 5.74) is -1.05. The summed E-state index contributed by atoms with van der Waals surface area (Å²) in [5, 5.41) is 11.0. The van der Waals surface area contributed by atoms with Crippen molar-refractivity contribution in [3.63, 3.8) is 0 Å². The third-order valence-electron chi connectivity index (χ3n) is 5.21. The quantitative estimate of drug-likeness (QED) is 0.860. The van der Waals surface area contributed by atoms with Crippen molar-refractivity contribution in [1.29, 1.82) is 0 Å². The first kappa shape index (κ1) is 15.3. The smallest absolute Gasteiger partial charge is 0.290 e. The van der Waals surface area contributed by atoms with Crippen LogP contribution in [0.15, 0.2) is 34.9 Å². The molecule has 2 aliphatic rings. The molecule has 1 amide bonds. The summed E-state index contributed by atoms with van der Waals surface area (Å²) in [6.07, 6.45) is 3.62. The molecule has 0 unspecified atom stereocenters. The molecule has 0 spiro atoms. The largest absolute Gasteiger partial charge is 0.456 e. The molecule has 2 saturated heterocycles. The predicted octanol–water partition coefficient (Wildman–Crippen LogP) is 2.78. The Morgan fingerprint density at radius 2 is 2.04 bits per heavy atom. The summed E-state index contributed by atoms with van der Waals surface area (Å²) >= 11 is 0. The number of hydrogen-bond acceptors (Lipinski definition) is 4. The van der Waals surface area contributed by atoms with Gasteiger partial charge in [-0.05, 0) is 38.0 Å². The lowest BCUT2D eigenvalue weighted by molar-refractivity contribution is -0.0511. The van der Waals surface area contributed by atoms with Crippen LogP contribution in [-0.2, 0) is 5.60 Å². The van der Waals surface area contributed by atoms with Crippen molar-refractivity contribution >= 4 is 5.91 Å². The fraction of sp³-hybridized carbons (Fsp3) is 0.444. The van der Waals surface area contributed by atoms with Crippen LogP contribution >= 0.6 is 0 Å². The average molecular weight is 330 g/mol. The van der Waals surface area contributed by atoms with E-state index in [9.17, 15) is 14.3 Å². The maximum Gasteiger partial charge on any atom is 0.290 e. The number of aryl methyl sites for hydroxylation is 1. The summed E-state index contributed by atoms with van der Waals surface area (Å²) < 4.78 is 19.5. The van der Waals surface area contributed by atoms with Crippen LogP contribution < -0.4 is 0 Å². The second-order valence-electron chi connectivity index (χ2n) is 6.79. The first-order valence-corrected chi connectivity index (χ1v) is 8.20. The molecular weight excluding hydrogens is 311 g/mol. The number of aromatic nitrogens is 1. The highest BCUT2D eigenvalue weighted by Crippen LogP contribution is 2.46. The molecule has 0 radical (unpaired) electrons. The van der Waals surface area contributed by atoms with E-state index in [4.69, 9.17) is 4.42 Å². The molecule has 24 heavy (non-hydrogen) atoms. The third-order valence-corrected chi connectivity index (χ3v) is 5.21. The number of amides is 1. The molecule has 0 aromatic carbocycles. The van der Waals surface area contributed by atoms with Crippen LogP contribution in [0.1, 0.15) is 47.6 Å². The van der Waals surface area contributed by atoms with Gasteiger partial charge in [-0.1, -0.05) is 6.07 Å². The minimum atomic E-state index is -1.28. The Bertz CT molecular complexity index is 774. The number of nitrogens with zero attached hydrogens (tertiary/aromatic N) is 2. The second-order valence-corrected chi connectivity index (χ2v) is 6.79. The van der Waals surface area contributed by atoms with E-state index < -0.39 is 11.5 Å². The van der Waals surface area contributed by atoms with Crippen LogP contribution in [0.25, 0.3) is 0 Å². The topological polar surface area (TPSA) is 66.6 Å². The van der Waals surface area contributed by atoms with Gasteiger partial charge in [0.25, 0.3) is 5.91 Å². The molecule has 5 nitrogen and oxygen atoms in total. The van der Waals surface area contributed by atoms with Crippen molar-refractivity contribution in [3.8, 4) is 0 Å². The van der Waals surface area contributed by atoms with Crippen molar-refractivity contribution in [2.24, 2.45) is 0 Å². The van der Waals surface area contributed by atoms with Crippen LogP contribution in [0.2, 0.25) is 0 Å². The third kappa shape index (κ3) is 2.33. The van der Waals surface area contributed by atoms with Gasteiger partial charge < -0.3 is 14.4 Å². The van der Waals surface area contributed by atoms with E-state index in [2.05, 4.69) is 4.98 Å². The van der Waals surface area contributed by atoms with Crippen molar-refractivity contribution in [2.45, 2.75) is 50.3 Å². The Morgan fingerprint density at radius 3 is 2.62 bits per heavy atom. The molecule has 126 valence electrons. The SMILES string of the molecule is Cc1ccc(C(=O)N2[C@H]3CC[C@H]2CC(O)(c2cccnc2F)C3)o1. The molecule has 0 saturated carbocycles. The molecule has 6 heteroatoms. The molecule has 2 aromatic heterocycles. The number of carbonyl (C=O) groups is 1. The van der Waals surface area contributed by atoms with E-state index in [0.29, 0.717) is 24.4 Å². The van der Waals surface area contributed by atoms with Gasteiger partial charge in [0, 0.05) is 36.7 Å². The second kappa shape index (κ2) is 5.41. The molecule has 4 heterocycles. The zero-order valence-corrected chi connectivity index (χ0v) is 13.4. The number of carbonyl (C=O) groups excluding carboxylic acids is 1. The minimum Gasteiger partial charge on any atom is -0.456 e. The van der Waals surface area contributed by atoms with Crippen LogP contribution in [0.3, 0.4) is 0 Å². The Hall–Kier alpha value is -2.21. The summed E-state index contributed by atoms with van der Waals surface area (Å²) in [6, 6.07) is 6.41. The predicted molar refractivity (Wildman–Crippen MR) is 83.8 cm³/mol. The molecule has 2 atom stereocenters. The van der Waals surface area contributed by atoms with Crippen molar-refractivity contribution in [2.75, 3.05) is 0 Å². The Balaban J connectivity index is 1.62. The van der Waals surface area contributed by atoms with Crippen LogP contribution in [-0.4, -0.2) is 33.0 Å². The maximum atomic E-state index is 14.1. The average Bonchev–Trinajstić information content (AvgIpc) is 3.09. The number of aliphatic hydroxyl groups is 1. The first-order chi connectivity index (χ1) is 11.5. The van der Waals surface area contributed by atoms with Gasteiger partial charge in [0.2, 0.25) is 5.95 Å². The van der Waals surface area contributed by atoms with Gasteiger partial charge >= 0.3 is 0 Å². The number of piperidine rings is 1. The molecular formula is C18H19FN2O3. The van der Waals surface area contributed by atoms with Crippen LogP contribution in [0, 0.1) is 12.9 Å². The van der Waals surface area contributed by atoms with E-state index in [-0.39, 0.29) is 23.6 Å². The number of halogens is 1. The summed E-state index contributed by atoms with van der Waals surface area (Å²) in [7, 11) is 0. The zero-order chi connectivity index (χ0) is 16.9. The summed E-state index contributed by atoms with van der Waals surface area (Å²) in [6.45, 7) is 1.80. The summed E-state index contributed by atoms with van der Waals surface area (Å²) in [5.74, 6) is 0.226. The van der Waals surface area contributed by atoms with Crippen LogP contribution in [0.5, 0.6) is 0 Å². The highest BCUT2D eigenvalue weighted by Gasteiger charge is 2.51. The molecule has 1 N–H and O–H groups in total. The maximum absolute atomic E-state index is 14.1. The van der Waals surface area contributed by atoms with Crippen LogP contribution in [0.4, 0.5) is 4.39 Å². The number of rotatable bonds is 2. The number of furan rings is 1. The Kier molecular flexibility index (Phi) is 3.46. The van der Waals surface area contributed by atoms with Gasteiger partial charge in [-0.25, -0.2) is 4.98 Å². The van der Waals surface area contributed by atoms with E-state index in [1.54, 1.807) is 36.1 Å². The van der Waals surface area contributed by atoms with Crippen molar-refractivity contribution in [1.82, 2.24) is 9.88 Å². The molecule has 2 aliphatic heterocycles. The lowest BCUT2D eigenvalue weighted by atomic mass is 9.81. The monoisotopic (exact) mass is 330 g/mol. The lowest BCUT2D eigenvalue weighted by Gasteiger charge is -2.43. The fourth-order valence-electron chi connectivity index (χ4n) is 4.19.